The van der Waals surface area contributed by atoms with Crippen LogP contribution in [0.5, 0.6) is 5.75 Å². The van der Waals surface area contributed by atoms with Gasteiger partial charge in [0, 0.05) is 6.21 Å². The Bertz CT molecular complexity index is 1040. The van der Waals surface area contributed by atoms with E-state index in [0.717, 1.165) is 11.3 Å². The number of aliphatic imine (C=N–C) groups is 1. The Balaban J connectivity index is 1.48. The molecule has 3 aromatic carbocycles. The van der Waals surface area contributed by atoms with E-state index in [0.29, 0.717) is 11.3 Å². The largest absolute Gasteiger partial charge is 0.480 e. The smallest absolute Gasteiger partial charge is 0.289 e. The van der Waals surface area contributed by atoms with Crippen molar-refractivity contribution in [2.75, 3.05) is 0 Å². The summed E-state index contributed by atoms with van der Waals surface area (Å²) in [7, 11) is 0. The van der Waals surface area contributed by atoms with E-state index in [1.807, 2.05) is 48.7 Å². The van der Waals surface area contributed by atoms with Crippen LogP contribution in [-0.4, -0.2) is 11.3 Å². The monoisotopic (exact) mass is 339 g/mol. The number of rotatable bonds is 4. The van der Waals surface area contributed by atoms with Crippen molar-refractivity contribution in [3.63, 3.8) is 0 Å². The molecule has 3 aromatic rings. The standard InChI is InChI=1S/C23H17NO2/c25-23(19-6-2-3-7-19)26-22-13-9-17(10-14-22)16-24-21-12-11-18-5-1-4-8-20(18)15-21/h1-16,25H. The highest BCUT2D eigenvalue weighted by atomic mass is 16.6. The Labute approximate surface area is 151 Å². The third-order valence-electron chi connectivity index (χ3n) is 4.10. The van der Waals surface area contributed by atoms with Crippen LogP contribution in [0.2, 0.25) is 0 Å². The van der Waals surface area contributed by atoms with Crippen LogP contribution < -0.4 is 4.74 Å². The minimum atomic E-state index is -0.104. The maximum Gasteiger partial charge on any atom is 0.289 e. The molecule has 0 unspecified atom stereocenters. The van der Waals surface area contributed by atoms with Gasteiger partial charge in [0.2, 0.25) is 0 Å². The molecule has 1 aliphatic carbocycles. The molecular weight excluding hydrogens is 322 g/mol. The molecule has 1 aliphatic rings. The average molecular weight is 339 g/mol. The summed E-state index contributed by atoms with van der Waals surface area (Å²) in [6.07, 6.45) is 9.09. The summed E-state index contributed by atoms with van der Waals surface area (Å²) < 4.78 is 5.45. The van der Waals surface area contributed by atoms with Gasteiger partial charge >= 0.3 is 0 Å². The molecule has 0 radical (unpaired) electrons. The number of hydrogen-bond donors (Lipinski definition) is 1. The number of allylic oxidation sites excluding steroid dienone is 5. The molecule has 4 rings (SSSR count). The highest BCUT2D eigenvalue weighted by Crippen LogP contribution is 2.22. The fourth-order valence-electron chi connectivity index (χ4n) is 2.72. The van der Waals surface area contributed by atoms with Crippen molar-refractivity contribution in [2.24, 2.45) is 4.99 Å². The van der Waals surface area contributed by atoms with Crippen molar-refractivity contribution < 1.29 is 9.84 Å². The van der Waals surface area contributed by atoms with Gasteiger partial charge in [-0.2, -0.15) is 0 Å². The predicted octanol–water partition coefficient (Wildman–Crippen LogP) is 5.86. The Hall–Kier alpha value is -3.59. The van der Waals surface area contributed by atoms with Crippen molar-refractivity contribution in [2.45, 2.75) is 0 Å². The van der Waals surface area contributed by atoms with Gasteiger partial charge in [0.1, 0.15) is 5.75 Å². The molecule has 0 amide bonds. The second-order valence-electron chi connectivity index (χ2n) is 5.94. The van der Waals surface area contributed by atoms with Crippen LogP contribution in [0.3, 0.4) is 0 Å². The first kappa shape index (κ1) is 15.9. The van der Waals surface area contributed by atoms with Crippen LogP contribution in [0.25, 0.3) is 10.8 Å². The van der Waals surface area contributed by atoms with Gasteiger partial charge < -0.3 is 9.84 Å². The lowest BCUT2D eigenvalue weighted by Gasteiger charge is -2.05. The molecule has 3 nitrogen and oxygen atoms in total. The zero-order valence-electron chi connectivity index (χ0n) is 14.0. The average Bonchev–Trinajstić information content (AvgIpc) is 3.22. The summed E-state index contributed by atoms with van der Waals surface area (Å²) in [4.78, 5) is 4.54. The van der Waals surface area contributed by atoms with Crippen molar-refractivity contribution in [1.29, 1.82) is 0 Å². The molecule has 126 valence electrons. The molecule has 0 bridgehead atoms. The van der Waals surface area contributed by atoms with Crippen LogP contribution >= 0.6 is 0 Å². The van der Waals surface area contributed by atoms with E-state index in [1.54, 1.807) is 24.3 Å². The first-order valence-corrected chi connectivity index (χ1v) is 8.37. The van der Waals surface area contributed by atoms with Crippen LogP contribution in [0.15, 0.2) is 108 Å². The Morgan fingerprint density at radius 3 is 2.35 bits per heavy atom. The lowest BCUT2D eigenvalue weighted by molar-refractivity contribution is 0.206. The number of ether oxygens (including phenoxy) is 1. The van der Waals surface area contributed by atoms with Gasteiger partial charge in [-0.3, -0.25) is 4.99 Å². The van der Waals surface area contributed by atoms with Gasteiger partial charge in [0.05, 0.1) is 11.3 Å². The van der Waals surface area contributed by atoms with Crippen LogP contribution in [0.1, 0.15) is 5.56 Å². The van der Waals surface area contributed by atoms with Gasteiger partial charge in [-0.15, -0.1) is 0 Å². The fraction of sp³-hybridized carbons (Fsp3) is 0. The molecule has 0 aromatic heterocycles. The Morgan fingerprint density at radius 1 is 0.846 bits per heavy atom. The lowest BCUT2D eigenvalue weighted by Crippen LogP contribution is -1.96. The number of fused-ring (bicyclic) bond motifs is 1. The highest BCUT2D eigenvalue weighted by molar-refractivity contribution is 5.87. The molecule has 0 spiro atoms. The minimum absolute atomic E-state index is 0.104. The normalized spacial score (nSPS) is 13.0. The van der Waals surface area contributed by atoms with Crippen LogP contribution in [0.4, 0.5) is 5.69 Å². The summed E-state index contributed by atoms with van der Waals surface area (Å²) in [5.41, 5.74) is 2.52. The Morgan fingerprint density at radius 2 is 1.58 bits per heavy atom. The van der Waals surface area contributed by atoms with E-state index < -0.39 is 0 Å². The van der Waals surface area contributed by atoms with Gasteiger partial charge in [0.15, 0.2) is 0 Å². The van der Waals surface area contributed by atoms with Crippen molar-refractivity contribution >= 4 is 22.7 Å². The number of aliphatic hydroxyl groups excluding tert-OH is 1. The summed E-state index contributed by atoms with van der Waals surface area (Å²) in [5.74, 6) is 0.471. The SMILES string of the molecule is OC(Oc1ccc(C=Nc2ccc3ccccc3c2)cc1)=C1C=CC=C1. The maximum absolute atomic E-state index is 9.94. The molecule has 0 fully saturated rings. The van der Waals surface area contributed by atoms with Gasteiger partial charge in [-0.25, -0.2) is 0 Å². The molecule has 0 aliphatic heterocycles. The number of nitrogens with zero attached hydrogens (tertiary/aromatic N) is 1. The zero-order chi connectivity index (χ0) is 17.8. The van der Waals surface area contributed by atoms with Crippen molar-refractivity contribution in [3.8, 4) is 5.75 Å². The van der Waals surface area contributed by atoms with E-state index in [4.69, 9.17) is 4.74 Å². The molecule has 1 N–H and O–H groups in total. The van der Waals surface area contributed by atoms with Gasteiger partial charge in [0.25, 0.3) is 5.95 Å². The predicted molar refractivity (Wildman–Crippen MR) is 106 cm³/mol. The zero-order valence-corrected chi connectivity index (χ0v) is 14.0. The Kier molecular flexibility index (Phi) is 4.35. The van der Waals surface area contributed by atoms with E-state index in [2.05, 4.69) is 29.3 Å². The minimum Gasteiger partial charge on any atom is -0.480 e. The molecule has 0 heterocycles. The molecule has 0 saturated heterocycles. The van der Waals surface area contributed by atoms with E-state index in [1.165, 1.54) is 10.8 Å². The molecule has 26 heavy (non-hydrogen) atoms. The topological polar surface area (TPSA) is 41.8 Å². The van der Waals surface area contributed by atoms with E-state index >= 15 is 0 Å². The summed E-state index contributed by atoms with van der Waals surface area (Å²) in [6, 6.07) is 21.8. The summed E-state index contributed by atoms with van der Waals surface area (Å²) in [6.45, 7) is 0. The fourth-order valence-corrected chi connectivity index (χ4v) is 2.72. The van der Waals surface area contributed by atoms with E-state index in [9.17, 15) is 5.11 Å². The molecule has 0 atom stereocenters. The van der Waals surface area contributed by atoms with E-state index in [-0.39, 0.29) is 5.95 Å². The van der Waals surface area contributed by atoms with Crippen molar-refractivity contribution in [1.82, 2.24) is 0 Å². The second-order valence-corrected chi connectivity index (χ2v) is 5.94. The molecular formula is C23H17NO2. The quantitative estimate of drug-likeness (QED) is 0.477. The lowest BCUT2D eigenvalue weighted by atomic mass is 10.1. The second kappa shape index (κ2) is 7.11. The summed E-state index contributed by atoms with van der Waals surface area (Å²) >= 11 is 0. The first-order chi connectivity index (χ1) is 12.8. The van der Waals surface area contributed by atoms with Crippen LogP contribution in [0, 0.1) is 0 Å². The van der Waals surface area contributed by atoms with Gasteiger partial charge in [-0.05, 0) is 64.9 Å². The van der Waals surface area contributed by atoms with Gasteiger partial charge in [-0.1, -0.05) is 42.5 Å². The molecule has 0 saturated carbocycles. The summed E-state index contributed by atoms with van der Waals surface area (Å²) in [5, 5.41) is 12.3. The third kappa shape index (κ3) is 3.57. The maximum atomic E-state index is 9.94. The third-order valence-corrected chi connectivity index (χ3v) is 4.10. The number of hydrogen-bond acceptors (Lipinski definition) is 3. The highest BCUT2D eigenvalue weighted by Gasteiger charge is 2.05. The number of benzene rings is 3. The van der Waals surface area contributed by atoms with Crippen molar-refractivity contribution in [3.05, 3.63) is 108 Å². The molecule has 3 heteroatoms. The number of aliphatic hydroxyl groups is 1. The van der Waals surface area contributed by atoms with Crippen LogP contribution in [-0.2, 0) is 0 Å². The first-order valence-electron chi connectivity index (χ1n) is 8.37.